The number of carbonyl (C=O) groups excluding carboxylic acids is 3. The molecule has 1 atom stereocenters. The molecule has 0 aliphatic carbocycles. The molecule has 2 aromatic rings. The first-order chi connectivity index (χ1) is 15.1. The Labute approximate surface area is 186 Å². The van der Waals surface area contributed by atoms with Crippen molar-refractivity contribution in [1.29, 1.82) is 0 Å². The molecule has 2 N–H and O–H groups in total. The minimum absolute atomic E-state index is 0.0431. The van der Waals surface area contributed by atoms with E-state index in [0.29, 0.717) is 18.0 Å². The van der Waals surface area contributed by atoms with E-state index >= 15 is 0 Å². The predicted molar refractivity (Wildman–Crippen MR) is 117 cm³/mol. The van der Waals surface area contributed by atoms with Crippen LogP contribution in [0, 0.1) is 0 Å². The molecule has 0 aliphatic rings. The number of methoxy groups -OCH3 is 1. The number of urea groups is 1. The van der Waals surface area contributed by atoms with Gasteiger partial charge >= 0.3 is 12.0 Å². The Hall–Kier alpha value is -3.60. The average molecular weight is 464 g/mol. The number of rotatable bonds is 8. The highest BCUT2D eigenvalue weighted by atomic mass is 32.2. The number of nitrogens with one attached hydrogen (secondary N) is 2. The van der Waals surface area contributed by atoms with Crippen LogP contribution in [0.1, 0.15) is 24.2 Å². The van der Waals surface area contributed by atoms with E-state index in [9.17, 15) is 22.8 Å². The molecule has 0 radical (unpaired) electrons. The van der Waals surface area contributed by atoms with E-state index in [1.54, 1.807) is 31.2 Å². The lowest BCUT2D eigenvalue weighted by Crippen LogP contribution is -2.44. The third kappa shape index (κ3) is 5.76. The van der Waals surface area contributed by atoms with E-state index in [1.807, 2.05) is 5.32 Å². The zero-order valence-corrected chi connectivity index (χ0v) is 18.9. The van der Waals surface area contributed by atoms with Gasteiger partial charge in [-0.1, -0.05) is 12.1 Å². The number of imide groups is 1. The minimum Gasteiger partial charge on any atom is -0.495 e. The summed E-state index contributed by atoms with van der Waals surface area (Å²) in [7, 11) is -1.10. The van der Waals surface area contributed by atoms with Crippen LogP contribution in [-0.4, -0.2) is 53.1 Å². The molecule has 0 aromatic heterocycles. The molecular weight excluding hydrogens is 438 g/mol. The Kier molecular flexibility index (Phi) is 8.19. The van der Waals surface area contributed by atoms with Gasteiger partial charge in [0.2, 0.25) is 0 Å². The van der Waals surface area contributed by atoms with Crippen LogP contribution in [0.5, 0.6) is 5.75 Å². The highest BCUT2D eigenvalue weighted by Crippen LogP contribution is 2.30. The number of sulfonamides is 1. The van der Waals surface area contributed by atoms with Gasteiger partial charge in [-0.3, -0.25) is 14.4 Å². The summed E-state index contributed by atoms with van der Waals surface area (Å²) in [5.41, 5.74) is 0.395. The SMILES string of the molecule is CCNC(=O)NC(=O)[C@H](C)OC(=O)c1ccc(S(=O)(=O)N(C)c2ccccc2OC)cc1. The Balaban J connectivity index is 2.12. The fraction of sp³-hybridized carbons (Fsp3) is 0.286. The maximum Gasteiger partial charge on any atom is 0.338 e. The van der Waals surface area contributed by atoms with E-state index in [1.165, 1.54) is 45.3 Å². The van der Waals surface area contributed by atoms with Crippen molar-refractivity contribution in [2.75, 3.05) is 25.0 Å². The van der Waals surface area contributed by atoms with E-state index in [2.05, 4.69) is 5.32 Å². The lowest BCUT2D eigenvalue weighted by molar-refractivity contribution is -0.127. The number of nitrogens with zero attached hydrogens (tertiary/aromatic N) is 1. The fourth-order valence-electron chi connectivity index (χ4n) is 2.64. The predicted octanol–water partition coefficient (Wildman–Crippen LogP) is 1.91. The van der Waals surface area contributed by atoms with E-state index in [-0.39, 0.29) is 10.5 Å². The fourth-order valence-corrected chi connectivity index (χ4v) is 3.85. The summed E-state index contributed by atoms with van der Waals surface area (Å²) < 4.78 is 37.3. The van der Waals surface area contributed by atoms with E-state index in [0.717, 1.165) is 4.31 Å². The zero-order valence-electron chi connectivity index (χ0n) is 18.1. The molecule has 172 valence electrons. The zero-order chi connectivity index (χ0) is 23.9. The molecule has 0 saturated heterocycles. The number of hydrogen-bond donors (Lipinski definition) is 2. The monoisotopic (exact) mass is 463 g/mol. The van der Waals surface area contributed by atoms with E-state index < -0.39 is 34.0 Å². The number of para-hydroxylation sites is 2. The standard InChI is InChI=1S/C21H25N3O7S/c1-5-22-21(27)23-19(25)14(2)31-20(26)15-10-12-16(13-11-15)32(28,29)24(3)17-8-6-7-9-18(17)30-4/h6-14H,5H2,1-4H3,(H2,22,23,25,27)/t14-/m0/s1. The largest absolute Gasteiger partial charge is 0.495 e. The lowest BCUT2D eigenvalue weighted by atomic mass is 10.2. The van der Waals surface area contributed by atoms with Gasteiger partial charge in [-0.15, -0.1) is 0 Å². The van der Waals surface area contributed by atoms with Crippen LogP contribution in [-0.2, 0) is 19.6 Å². The number of carbonyl (C=O) groups is 3. The molecule has 32 heavy (non-hydrogen) atoms. The first-order valence-electron chi connectivity index (χ1n) is 9.63. The van der Waals surface area contributed by atoms with Crippen LogP contribution in [0.3, 0.4) is 0 Å². The van der Waals surface area contributed by atoms with Crippen LogP contribution in [0.4, 0.5) is 10.5 Å². The number of benzene rings is 2. The summed E-state index contributed by atoms with van der Waals surface area (Å²) in [6.45, 7) is 3.33. The van der Waals surface area contributed by atoms with Gasteiger partial charge < -0.3 is 14.8 Å². The number of esters is 1. The van der Waals surface area contributed by atoms with Gasteiger partial charge in [0.25, 0.3) is 15.9 Å². The maximum absolute atomic E-state index is 13.0. The third-order valence-electron chi connectivity index (χ3n) is 4.40. The molecule has 3 amide bonds. The van der Waals surface area contributed by atoms with Crippen molar-refractivity contribution in [3.63, 3.8) is 0 Å². The number of anilines is 1. The molecule has 0 saturated carbocycles. The van der Waals surface area contributed by atoms with Gasteiger partial charge in [0.05, 0.1) is 23.3 Å². The van der Waals surface area contributed by atoms with Crippen molar-refractivity contribution in [2.45, 2.75) is 24.8 Å². The molecule has 0 spiro atoms. The summed E-state index contributed by atoms with van der Waals surface area (Å²) in [5, 5.41) is 4.43. The topological polar surface area (TPSA) is 131 Å². The second-order valence-corrected chi connectivity index (χ2v) is 8.53. The maximum atomic E-state index is 13.0. The van der Waals surface area contributed by atoms with Crippen molar-refractivity contribution in [1.82, 2.24) is 10.6 Å². The van der Waals surface area contributed by atoms with Crippen LogP contribution in [0.15, 0.2) is 53.4 Å². The number of ether oxygens (including phenoxy) is 2. The Morgan fingerprint density at radius 2 is 1.69 bits per heavy atom. The average Bonchev–Trinajstić information content (AvgIpc) is 2.78. The minimum atomic E-state index is -3.93. The molecule has 0 fully saturated rings. The van der Waals surface area contributed by atoms with Gasteiger partial charge in [-0.25, -0.2) is 18.0 Å². The summed E-state index contributed by atoms with van der Waals surface area (Å²) in [5.74, 6) is -1.24. The molecule has 0 heterocycles. The van der Waals surface area contributed by atoms with Gasteiger partial charge in [0.1, 0.15) is 5.75 Å². The summed E-state index contributed by atoms with van der Waals surface area (Å²) >= 11 is 0. The summed E-state index contributed by atoms with van der Waals surface area (Å²) in [6, 6.07) is 11.0. The third-order valence-corrected chi connectivity index (χ3v) is 6.19. The molecular formula is C21H25N3O7S. The van der Waals surface area contributed by atoms with Crippen LogP contribution in [0.25, 0.3) is 0 Å². The normalized spacial score (nSPS) is 11.8. The van der Waals surface area contributed by atoms with Gasteiger partial charge in [0.15, 0.2) is 6.10 Å². The molecule has 0 aliphatic heterocycles. The molecule has 2 rings (SSSR count). The van der Waals surface area contributed by atoms with Gasteiger partial charge in [-0.2, -0.15) is 0 Å². The second-order valence-electron chi connectivity index (χ2n) is 6.57. The Morgan fingerprint density at radius 1 is 1.06 bits per heavy atom. The van der Waals surface area contributed by atoms with Crippen molar-refractivity contribution < 1.29 is 32.3 Å². The van der Waals surface area contributed by atoms with E-state index in [4.69, 9.17) is 9.47 Å². The Bertz CT molecular complexity index is 1080. The molecule has 11 heteroatoms. The number of hydrogen-bond acceptors (Lipinski definition) is 7. The van der Waals surface area contributed by atoms with Crippen LogP contribution in [0.2, 0.25) is 0 Å². The smallest absolute Gasteiger partial charge is 0.338 e. The van der Waals surface area contributed by atoms with Crippen molar-refractivity contribution in [2.24, 2.45) is 0 Å². The first kappa shape index (κ1) is 24.7. The summed E-state index contributed by atoms with van der Waals surface area (Å²) in [4.78, 5) is 35.5. The summed E-state index contributed by atoms with van der Waals surface area (Å²) in [6.07, 6.45) is -1.23. The van der Waals surface area contributed by atoms with Gasteiger partial charge in [-0.05, 0) is 50.2 Å². The molecule has 0 bridgehead atoms. The molecule has 10 nitrogen and oxygen atoms in total. The second kappa shape index (κ2) is 10.6. The van der Waals surface area contributed by atoms with Crippen LogP contribution >= 0.6 is 0 Å². The van der Waals surface area contributed by atoms with Crippen LogP contribution < -0.4 is 19.7 Å². The quantitative estimate of drug-likeness (QED) is 0.572. The molecule has 2 aromatic carbocycles. The number of amides is 3. The Morgan fingerprint density at radius 3 is 2.28 bits per heavy atom. The molecule has 0 unspecified atom stereocenters. The lowest BCUT2D eigenvalue weighted by Gasteiger charge is -2.21. The van der Waals surface area contributed by atoms with Crippen molar-refractivity contribution >= 4 is 33.6 Å². The van der Waals surface area contributed by atoms with Crippen molar-refractivity contribution in [3.05, 3.63) is 54.1 Å². The first-order valence-corrected chi connectivity index (χ1v) is 11.1. The highest BCUT2D eigenvalue weighted by molar-refractivity contribution is 7.92. The highest BCUT2D eigenvalue weighted by Gasteiger charge is 2.25. The van der Waals surface area contributed by atoms with Crippen molar-refractivity contribution in [3.8, 4) is 5.75 Å². The van der Waals surface area contributed by atoms with Gasteiger partial charge in [0, 0.05) is 13.6 Å².